The minimum atomic E-state index is 1.14. The Bertz CT molecular complexity index is 3110. The van der Waals surface area contributed by atoms with E-state index >= 15 is 0 Å². The van der Waals surface area contributed by atoms with Crippen LogP contribution in [0.1, 0.15) is 0 Å². The summed E-state index contributed by atoms with van der Waals surface area (Å²) in [6.45, 7) is 0. The van der Waals surface area contributed by atoms with Gasteiger partial charge in [0.05, 0.1) is 33.1 Å². The number of nitrogens with zero attached hydrogens (tertiary/aromatic N) is 3. The van der Waals surface area contributed by atoms with Crippen LogP contribution in [0.2, 0.25) is 0 Å². The van der Waals surface area contributed by atoms with Gasteiger partial charge in [0.15, 0.2) is 0 Å². The Kier molecular flexibility index (Phi) is 5.96. The van der Waals surface area contributed by atoms with Gasteiger partial charge in [-0.15, -0.1) is 0 Å². The van der Waals surface area contributed by atoms with Crippen molar-refractivity contribution in [1.82, 2.24) is 13.7 Å². The van der Waals surface area contributed by atoms with Crippen LogP contribution in [-0.4, -0.2) is 13.7 Å². The van der Waals surface area contributed by atoms with E-state index in [9.17, 15) is 0 Å². The van der Waals surface area contributed by atoms with Gasteiger partial charge in [0.2, 0.25) is 0 Å². The molecule has 3 nitrogen and oxygen atoms in total. The zero-order chi connectivity index (χ0) is 33.5. The van der Waals surface area contributed by atoms with Gasteiger partial charge in [-0.2, -0.15) is 0 Å². The van der Waals surface area contributed by atoms with Crippen molar-refractivity contribution in [1.29, 1.82) is 0 Å². The molecule has 51 heavy (non-hydrogen) atoms. The monoisotopic (exact) mass is 649 g/mol. The van der Waals surface area contributed by atoms with Crippen LogP contribution in [0.5, 0.6) is 0 Å². The van der Waals surface area contributed by atoms with E-state index < -0.39 is 0 Å². The molecule has 0 unspecified atom stereocenters. The first kappa shape index (κ1) is 28.0. The second-order valence-electron chi connectivity index (χ2n) is 13.4. The van der Waals surface area contributed by atoms with Crippen molar-refractivity contribution in [2.75, 3.05) is 0 Å². The molecule has 11 rings (SSSR count). The maximum Gasteiger partial charge on any atom is 0.0562 e. The smallest absolute Gasteiger partial charge is 0.0562 e. The molecule has 0 bridgehead atoms. The van der Waals surface area contributed by atoms with Crippen LogP contribution in [0.3, 0.4) is 0 Å². The molecule has 8 aromatic carbocycles. The fraction of sp³-hybridized carbons (Fsp3) is 0. The third-order valence-electron chi connectivity index (χ3n) is 10.6. The Hall–Kier alpha value is -6.84. The molecule has 0 fully saturated rings. The number of aromatic nitrogens is 3. The second kappa shape index (κ2) is 10.8. The molecule has 0 aliphatic heterocycles. The highest BCUT2D eigenvalue weighted by atomic mass is 15.0. The molecule has 0 atom stereocenters. The summed E-state index contributed by atoms with van der Waals surface area (Å²) in [7, 11) is 0. The molecule has 0 amide bonds. The van der Waals surface area contributed by atoms with E-state index in [1.165, 1.54) is 76.5 Å². The summed E-state index contributed by atoms with van der Waals surface area (Å²) in [5, 5.41) is 7.53. The van der Waals surface area contributed by atoms with E-state index in [4.69, 9.17) is 0 Å². The summed E-state index contributed by atoms with van der Waals surface area (Å²) >= 11 is 0. The second-order valence-corrected chi connectivity index (χ2v) is 13.4. The molecule has 0 saturated heterocycles. The number of rotatable bonds is 4. The summed E-state index contributed by atoms with van der Waals surface area (Å²) in [5.41, 5.74) is 13.1. The minimum absolute atomic E-state index is 1.14. The molecule has 238 valence electrons. The lowest BCUT2D eigenvalue weighted by Crippen LogP contribution is -1.97. The van der Waals surface area contributed by atoms with E-state index in [1.54, 1.807) is 0 Å². The van der Waals surface area contributed by atoms with Crippen molar-refractivity contribution in [3.63, 3.8) is 0 Å². The van der Waals surface area contributed by atoms with E-state index in [0.717, 1.165) is 17.1 Å². The molecule has 0 N–H and O–H groups in total. The fourth-order valence-electron chi connectivity index (χ4n) is 8.37. The predicted octanol–water partition coefficient (Wildman–Crippen LogP) is 12.6. The van der Waals surface area contributed by atoms with Crippen LogP contribution in [0, 0.1) is 0 Å². The van der Waals surface area contributed by atoms with E-state index in [2.05, 4.69) is 202 Å². The van der Waals surface area contributed by atoms with Crippen LogP contribution < -0.4 is 0 Å². The van der Waals surface area contributed by atoms with E-state index in [1.807, 2.05) is 0 Å². The highest BCUT2D eigenvalue weighted by Gasteiger charge is 2.20. The first-order chi connectivity index (χ1) is 25.3. The molecule has 3 heteroatoms. The minimum Gasteiger partial charge on any atom is -0.309 e. The standard InChI is InChI=1S/C48H31N3/c1-3-13-32(14-4-1)33-23-25-35(26-24-33)50-44-21-11-8-18-38(44)41-30-42-39-19-9-12-22-45(39)51(48(42)31-47(41)50)36-27-28-40-37-17-7-10-20-43(37)49(46(40)29-36)34-15-5-2-6-16-34/h1-31H. The Morgan fingerprint density at radius 2 is 0.608 bits per heavy atom. The molecule has 11 aromatic rings. The van der Waals surface area contributed by atoms with Crippen molar-refractivity contribution >= 4 is 65.4 Å². The molecular weight excluding hydrogens is 619 g/mol. The molecule has 0 aliphatic rings. The summed E-state index contributed by atoms with van der Waals surface area (Å²) in [6, 6.07) is 68.4. The summed E-state index contributed by atoms with van der Waals surface area (Å²) in [4.78, 5) is 0. The third kappa shape index (κ3) is 4.12. The van der Waals surface area contributed by atoms with Gasteiger partial charge in [-0.3, -0.25) is 0 Å². The predicted molar refractivity (Wildman–Crippen MR) is 215 cm³/mol. The van der Waals surface area contributed by atoms with Gasteiger partial charge in [-0.1, -0.05) is 121 Å². The molecular formula is C48H31N3. The van der Waals surface area contributed by atoms with Gasteiger partial charge in [0.1, 0.15) is 0 Å². The average molecular weight is 650 g/mol. The Labute approximate surface area is 294 Å². The van der Waals surface area contributed by atoms with Gasteiger partial charge >= 0.3 is 0 Å². The molecule has 0 radical (unpaired) electrons. The summed E-state index contributed by atoms with van der Waals surface area (Å²) < 4.78 is 7.28. The van der Waals surface area contributed by atoms with Crippen LogP contribution in [0.4, 0.5) is 0 Å². The number of hydrogen-bond donors (Lipinski definition) is 0. The number of benzene rings is 8. The zero-order valence-electron chi connectivity index (χ0n) is 27.7. The Morgan fingerprint density at radius 3 is 1.20 bits per heavy atom. The molecule has 3 aromatic heterocycles. The molecule has 0 spiro atoms. The maximum absolute atomic E-state index is 2.46. The third-order valence-corrected chi connectivity index (χ3v) is 10.6. The lowest BCUT2D eigenvalue weighted by Gasteiger charge is -2.12. The van der Waals surface area contributed by atoms with Crippen LogP contribution >= 0.6 is 0 Å². The SMILES string of the molecule is c1ccc(-c2ccc(-n3c4ccccc4c4cc5c6ccccc6n(-c6ccc7c8ccccc8n(-c8ccccc8)c7c6)c5cc43)cc2)cc1. The van der Waals surface area contributed by atoms with Crippen LogP contribution in [0.15, 0.2) is 188 Å². The van der Waals surface area contributed by atoms with Gasteiger partial charge < -0.3 is 13.7 Å². The van der Waals surface area contributed by atoms with Crippen molar-refractivity contribution < 1.29 is 0 Å². The molecule has 3 heterocycles. The van der Waals surface area contributed by atoms with Gasteiger partial charge in [-0.05, 0) is 77.9 Å². The van der Waals surface area contributed by atoms with Crippen molar-refractivity contribution in [2.45, 2.75) is 0 Å². The number of para-hydroxylation sites is 4. The van der Waals surface area contributed by atoms with Crippen molar-refractivity contribution in [2.24, 2.45) is 0 Å². The Balaban J connectivity index is 1.20. The van der Waals surface area contributed by atoms with E-state index in [0.29, 0.717) is 0 Å². The lowest BCUT2D eigenvalue weighted by atomic mass is 10.1. The average Bonchev–Trinajstić information content (AvgIpc) is 3.82. The zero-order valence-corrected chi connectivity index (χ0v) is 27.7. The lowest BCUT2D eigenvalue weighted by molar-refractivity contribution is 1.15. The largest absolute Gasteiger partial charge is 0.309 e. The fourth-order valence-corrected chi connectivity index (χ4v) is 8.37. The van der Waals surface area contributed by atoms with Gasteiger partial charge in [0.25, 0.3) is 0 Å². The maximum atomic E-state index is 2.46. The van der Waals surface area contributed by atoms with Gasteiger partial charge in [0, 0.05) is 49.4 Å². The first-order valence-corrected chi connectivity index (χ1v) is 17.5. The topological polar surface area (TPSA) is 14.8 Å². The first-order valence-electron chi connectivity index (χ1n) is 17.5. The van der Waals surface area contributed by atoms with Crippen molar-refractivity contribution in [3.05, 3.63) is 188 Å². The van der Waals surface area contributed by atoms with Crippen LogP contribution in [-0.2, 0) is 0 Å². The van der Waals surface area contributed by atoms with E-state index in [-0.39, 0.29) is 0 Å². The highest BCUT2D eigenvalue weighted by Crippen LogP contribution is 2.41. The highest BCUT2D eigenvalue weighted by molar-refractivity contribution is 6.19. The molecule has 0 saturated carbocycles. The van der Waals surface area contributed by atoms with Crippen molar-refractivity contribution in [3.8, 4) is 28.2 Å². The number of hydrogen-bond acceptors (Lipinski definition) is 0. The Morgan fingerprint density at radius 1 is 0.216 bits per heavy atom. The molecule has 0 aliphatic carbocycles. The van der Waals surface area contributed by atoms with Gasteiger partial charge in [-0.25, -0.2) is 0 Å². The number of fused-ring (bicyclic) bond motifs is 9. The quantitative estimate of drug-likeness (QED) is 0.180. The summed E-state index contributed by atoms with van der Waals surface area (Å²) in [5.74, 6) is 0. The summed E-state index contributed by atoms with van der Waals surface area (Å²) in [6.07, 6.45) is 0. The normalized spacial score (nSPS) is 11.9. The van der Waals surface area contributed by atoms with Crippen LogP contribution in [0.25, 0.3) is 93.6 Å².